The number of carboxylic acid groups (broad SMARTS) is 1. The van der Waals surface area contributed by atoms with Crippen molar-refractivity contribution < 1.29 is 62.8 Å². The Kier molecular flexibility index (Phi) is 26.1. The third-order valence-corrected chi connectivity index (χ3v) is 12.2. The number of guanidine groups is 1. The molecule has 2 heterocycles. The van der Waals surface area contributed by atoms with E-state index in [1.807, 2.05) is 0 Å². The highest BCUT2D eigenvalue weighted by molar-refractivity contribution is 7.16. The van der Waals surface area contributed by atoms with Crippen molar-refractivity contribution in [2.24, 2.45) is 39.8 Å². The number of phenolic OH excluding ortho intramolecular Hbond substituents is 1. The van der Waals surface area contributed by atoms with E-state index >= 15 is 0 Å². The van der Waals surface area contributed by atoms with Crippen molar-refractivity contribution in [1.82, 2.24) is 46.8 Å². The maximum absolute atomic E-state index is 14.5. The number of hydrogen-bond acceptors (Lipinski definition) is 14. The lowest BCUT2D eigenvalue weighted by Crippen LogP contribution is -2.62. The van der Waals surface area contributed by atoms with Gasteiger partial charge in [-0.05, 0) is 65.3 Å². The monoisotopic (exact) mass is 1100 g/mol. The zero-order valence-electron chi connectivity index (χ0n) is 43.3. The molecule has 1 aliphatic heterocycles. The number of aromatic nitrogens is 2. The minimum atomic E-state index is -1.41. The molecule has 18 N–H and O–H groups in total. The Morgan fingerprint density at radius 3 is 1.82 bits per heavy atom. The van der Waals surface area contributed by atoms with E-state index in [1.165, 1.54) is 41.7 Å². The number of aromatic amines is 1. The number of nitrogens with one attached hydrogen (secondary N) is 7. The number of rotatable bonds is 28. The lowest BCUT2D eigenvalue weighted by molar-refractivity contribution is -0.145. The molecule has 77 heavy (non-hydrogen) atoms. The summed E-state index contributed by atoms with van der Waals surface area (Å²) in [6, 6.07) is 4.17. The van der Waals surface area contributed by atoms with Gasteiger partial charge in [0.15, 0.2) is 5.96 Å². The largest absolute Gasteiger partial charge is 0.508 e. The summed E-state index contributed by atoms with van der Waals surface area (Å²) < 4.78 is 8.51. The Bertz CT molecular complexity index is 2500. The smallest absolute Gasteiger partial charge is 0.491 e. The first kappa shape index (κ1) is 63.3. The predicted molar refractivity (Wildman–Crippen MR) is 281 cm³/mol. The standard InChI is InChI=1S/C49H70N14O11.HO2P/c1-26(2)39(61-42(67)33(12-8-18-55-49(52)53)57-41(66)32(50)23-38(51)65)45(70)58-34(20-29-14-16-31(64)17-15-29)43(68)62-40(27(3)4)46(71)59-35(22-30-24-54-25-56-30)47(72)63-19-9-13-37(63)44(69)60-36(48(73)74)21-28-10-6-5-7-11-28;1-3-2/h5-7,10-11,14-17,24-27,32-37,39-40,64H,8-9,12-13,18-23,50H2,1-4H3,(H2,51,65)(H,54,56)(H,57,66)(H,58,70)(H,59,71)(H,60,69)(H,61,67)(H,62,68)(H,73,74)(H4,52,53,55);3H/p+1/t32-,33-,34-,35-,36-,37-,39-,40-;/m0./s1. The Morgan fingerprint density at radius 2 is 1.29 bits per heavy atom. The van der Waals surface area contributed by atoms with E-state index in [9.17, 15) is 53.4 Å². The molecule has 3 aromatic rings. The molecule has 28 heteroatoms. The van der Waals surface area contributed by atoms with Crippen LogP contribution in [0, 0.1) is 11.8 Å². The van der Waals surface area contributed by atoms with Gasteiger partial charge in [0.1, 0.15) is 48.0 Å². The van der Waals surface area contributed by atoms with Crippen molar-refractivity contribution in [2.45, 2.75) is 127 Å². The molecule has 1 saturated heterocycles. The predicted octanol–water partition coefficient (Wildman–Crippen LogP) is -2.39. The molecule has 1 fully saturated rings. The Morgan fingerprint density at radius 1 is 0.740 bits per heavy atom. The van der Waals surface area contributed by atoms with Gasteiger partial charge in [0.05, 0.1) is 18.8 Å². The van der Waals surface area contributed by atoms with Crippen LogP contribution in [0.15, 0.2) is 72.1 Å². The second kappa shape index (κ2) is 31.8. The summed E-state index contributed by atoms with van der Waals surface area (Å²) in [5, 5.41) is 35.9. The number of primary amides is 1. The number of aliphatic carboxylic acids is 1. The number of nitrogens with two attached hydrogens (primary N) is 4. The summed E-state index contributed by atoms with van der Waals surface area (Å²) in [5.74, 6) is -9.04. The van der Waals surface area contributed by atoms with Gasteiger partial charge in [0.2, 0.25) is 47.3 Å². The van der Waals surface area contributed by atoms with E-state index in [0.717, 1.165) is 0 Å². The van der Waals surface area contributed by atoms with Gasteiger partial charge in [0.25, 0.3) is 0 Å². The van der Waals surface area contributed by atoms with Crippen LogP contribution < -0.4 is 54.8 Å². The zero-order valence-corrected chi connectivity index (χ0v) is 44.3. The molecular weight excluding hydrogens is 1020 g/mol. The number of amides is 8. The summed E-state index contributed by atoms with van der Waals surface area (Å²) >= 11 is 0. The molecule has 2 aromatic carbocycles. The molecule has 8 amide bonds. The minimum Gasteiger partial charge on any atom is -0.508 e. The van der Waals surface area contributed by atoms with Gasteiger partial charge in [-0.25, -0.2) is 9.78 Å². The number of H-pyrrole nitrogens is 1. The first-order chi connectivity index (χ1) is 36.4. The molecule has 0 aliphatic carbocycles. The summed E-state index contributed by atoms with van der Waals surface area (Å²) in [6.45, 7) is 6.77. The van der Waals surface area contributed by atoms with E-state index in [-0.39, 0.29) is 63.3 Å². The van der Waals surface area contributed by atoms with E-state index in [4.69, 9.17) is 32.4 Å². The zero-order chi connectivity index (χ0) is 57.4. The van der Waals surface area contributed by atoms with Crippen LogP contribution in [0.25, 0.3) is 0 Å². The van der Waals surface area contributed by atoms with Crippen molar-refractivity contribution >= 4 is 67.9 Å². The Labute approximate surface area is 446 Å². The minimum absolute atomic E-state index is 0.000444. The number of phenols is 1. The molecule has 9 atom stereocenters. The maximum atomic E-state index is 14.5. The lowest BCUT2D eigenvalue weighted by atomic mass is 9.98. The second-order valence-corrected chi connectivity index (χ2v) is 19.1. The van der Waals surface area contributed by atoms with Crippen LogP contribution in [-0.2, 0) is 67.0 Å². The summed E-state index contributed by atoms with van der Waals surface area (Å²) in [7, 11) is -1.17. The Hall–Kier alpha value is -8.03. The fourth-order valence-corrected chi connectivity index (χ4v) is 8.18. The van der Waals surface area contributed by atoms with Crippen LogP contribution in [0.1, 0.15) is 76.6 Å². The fourth-order valence-electron chi connectivity index (χ4n) is 8.18. The van der Waals surface area contributed by atoms with Crippen molar-refractivity contribution in [3.05, 3.63) is 83.9 Å². The highest BCUT2D eigenvalue weighted by atomic mass is 31.1. The van der Waals surface area contributed by atoms with Gasteiger partial charge >= 0.3 is 14.7 Å². The van der Waals surface area contributed by atoms with Crippen LogP contribution in [0.5, 0.6) is 5.75 Å². The number of nitrogens with zero attached hydrogens (tertiary/aromatic N) is 3. The highest BCUT2D eigenvalue weighted by Gasteiger charge is 2.41. The summed E-state index contributed by atoms with van der Waals surface area (Å²) in [6.07, 6.45) is 2.86. The number of likely N-dealkylation sites (tertiary alicyclic amines) is 1. The normalized spacial score (nSPS) is 15.7. The quantitative estimate of drug-likeness (QED) is 0.0156. The van der Waals surface area contributed by atoms with E-state index in [2.05, 4.69) is 46.9 Å². The fraction of sp³-hybridized carbons (Fsp3) is 0.490. The van der Waals surface area contributed by atoms with Gasteiger partial charge in [0, 0.05) is 44.2 Å². The molecule has 1 aliphatic rings. The van der Waals surface area contributed by atoms with Gasteiger partial charge in [-0.3, -0.25) is 43.3 Å². The van der Waals surface area contributed by atoms with E-state index in [0.29, 0.717) is 23.2 Å². The second-order valence-electron chi connectivity index (χ2n) is 18.9. The van der Waals surface area contributed by atoms with Crippen molar-refractivity contribution in [3.8, 4) is 5.75 Å². The molecule has 0 radical (unpaired) electrons. The van der Waals surface area contributed by atoms with Gasteiger partial charge in [-0.15, -0.1) is 0 Å². The first-order valence-electron chi connectivity index (χ1n) is 24.7. The highest BCUT2D eigenvalue weighted by Crippen LogP contribution is 2.21. The molecule has 420 valence electrons. The summed E-state index contributed by atoms with van der Waals surface area (Å²) in [4.78, 5) is 141. The number of aliphatic imine (C=N–C) groups is 1. The average Bonchev–Trinajstić information content (AvgIpc) is 4.09. The average molecular weight is 1100 g/mol. The topological polar surface area (TPSA) is 452 Å². The van der Waals surface area contributed by atoms with E-state index in [1.54, 1.807) is 58.0 Å². The molecule has 0 bridgehead atoms. The molecule has 27 nitrogen and oxygen atoms in total. The molecule has 0 saturated carbocycles. The maximum Gasteiger partial charge on any atom is 0.491 e. The molecular formula is C49H72N14O13P+. The molecule has 1 aromatic heterocycles. The number of hydrogen-bond donors (Lipinski definition) is 14. The van der Waals surface area contributed by atoms with Crippen LogP contribution in [0.4, 0.5) is 0 Å². The number of carboxylic acids is 1. The van der Waals surface area contributed by atoms with Gasteiger partial charge < -0.3 is 74.9 Å². The number of benzene rings is 2. The lowest BCUT2D eigenvalue weighted by Gasteiger charge is -2.31. The Balaban J connectivity index is 0.00000507. The van der Waals surface area contributed by atoms with Crippen molar-refractivity contribution in [2.75, 3.05) is 13.1 Å². The van der Waals surface area contributed by atoms with Crippen LogP contribution in [0.2, 0.25) is 0 Å². The van der Waals surface area contributed by atoms with Gasteiger partial charge in [-0.1, -0.05) is 70.2 Å². The third-order valence-electron chi connectivity index (χ3n) is 12.2. The van der Waals surface area contributed by atoms with Crippen LogP contribution in [-0.4, -0.2) is 151 Å². The van der Waals surface area contributed by atoms with Gasteiger partial charge in [-0.2, -0.15) is 4.89 Å². The summed E-state index contributed by atoms with van der Waals surface area (Å²) in [5.41, 5.74) is 23.5. The number of carbonyl (C=O) groups is 9. The number of aromatic hydroxyl groups is 1. The van der Waals surface area contributed by atoms with E-state index < -0.39 is 129 Å². The molecule has 0 spiro atoms. The molecule has 4 rings (SSSR count). The number of imidazole rings is 1. The van der Waals surface area contributed by atoms with Crippen LogP contribution in [0.3, 0.4) is 0 Å². The van der Waals surface area contributed by atoms with Crippen LogP contribution >= 0.6 is 8.69 Å². The molecule has 1 unspecified atom stereocenters. The van der Waals surface area contributed by atoms with Crippen molar-refractivity contribution in [1.29, 1.82) is 0 Å². The number of carbonyl (C=O) groups excluding carboxylic acids is 8. The SMILES string of the molecule is CC(C)[C@H](NC(=O)[C@H](CCCN=C(N)N)NC(=O)[C@@H](N)CC(N)=O)C(=O)N[C@@H](Cc1ccc(O)cc1)C(=O)N[C@H](C(=O)N[C@@H](Cc1cnc[nH]1)C(=O)N1CCC[C@H]1C(=O)N[C@@H](Cc1ccccc1)C(=O)O)C(C)C.O=[PH+]O. The third kappa shape index (κ3) is 21.3. The van der Waals surface area contributed by atoms with Crippen molar-refractivity contribution in [3.63, 3.8) is 0 Å². The first-order valence-corrected chi connectivity index (χ1v) is 25.6.